The number of carboxylic acid groups (broad SMARTS) is 1. The first kappa shape index (κ1) is 32.0. The van der Waals surface area contributed by atoms with Gasteiger partial charge >= 0.3 is 17.9 Å². The van der Waals surface area contributed by atoms with Crippen molar-refractivity contribution in [1.29, 1.82) is 0 Å². The Morgan fingerprint density at radius 1 is 1.18 bits per heavy atom. The molecule has 1 amide bonds. The molecular weight excluding hydrogens is 508 g/mol. The SMILES string of the molecule is CC(C)OC(=O)CCC/C=C\CC1CC(O)CC1OC(=O)CCn1cnc(CC(NC(=O)C(C)N)C(=O)O)c1. The van der Waals surface area contributed by atoms with Crippen molar-refractivity contribution >= 4 is 23.8 Å². The van der Waals surface area contributed by atoms with E-state index in [4.69, 9.17) is 15.2 Å². The van der Waals surface area contributed by atoms with Crippen LogP contribution in [0, 0.1) is 5.92 Å². The molecule has 218 valence electrons. The number of aliphatic hydroxyl groups is 1. The lowest BCUT2D eigenvalue weighted by Crippen LogP contribution is -2.48. The van der Waals surface area contributed by atoms with Crippen LogP contribution in [0.25, 0.3) is 0 Å². The van der Waals surface area contributed by atoms with E-state index in [1.165, 1.54) is 13.3 Å². The molecule has 0 radical (unpaired) electrons. The van der Waals surface area contributed by atoms with Crippen LogP contribution in [0.3, 0.4) is 0 Å². The lowest BCUT2D eigenvalue weighted by atomic mass is 10.0. The number of aliphatic hydroxyl groups excluding tert-OH is 1. The van der Waals surface area contributed by atoms with Gasteiger partial charge in [-0.1, -0.05) is 12.2 Å². The van der Waals surface area contributed by atoms with Gasteiger partial charge < -0.3 is 35.3 Å². The zero-order chi connectivity index (χ0) is 28.9. The van der Waals surface area contributed by atoms with Gasteiger partial charge in [-0.25, -0.2) is 9.78 Å². The van der Waals surface area contributed by atoms with Crippen molar-refractivity contribution < 1.29 is 38.9 Å². The number of aliphatic carboxylic acids is 1. The number of nitrogens with two attached hydrogens (primary N) is 1. The maximum absolute atomic E-state index is 12.5. The molecule has 1 aliphatic carbocycles. The molecule has 0 spiro atoms. The largest absolute Gasteiger partial charge is 0.480 e. The fraction of sp³-hybridized carbons (Fsp3) is 0.667. The average Bonchev–Trinajstić information content (AvgIpc) is 3.44. The lowest BCUT2D eigenvalue weighted by molar-refractivity contribution is -0.151. The molecule has 0 saturated heterocycles. The molecule has 1 fully saturated rings. The van der Waals surface area contributed by atoms with Gasteiger partial charge in [0, 0.05) is 37.9 Å². The normalized spacial score (nSPS) is 20.6. The molecule has 1 heterocycles. The smallest absolute Gasteiger partial charge is 0.326 e. The van der Waals surface area contributed by atoms with E-state index in [1.807, 2.05) is 26.0 Å². The van der Waals surface area contributed by atoms with Gasteiger partial charge in [0.15, 0.2) is 0 Å². The Kier molecular flexibility index (Phi) is 13.1. The number of carbonyl (C=O) groups excluding carboxylic acids is 3. The fourth-order valence-corrected chi connectivity index (χ4v) is 4.32. The Labute approximate surface area is 228 Å². The average molecular weight is 551 g/mol. The van der Waals surface area contributed by atoms with E-state index in [0.717, 1.165) is 6.42 Å². The minimum absolute atomic E-state index is 0.0188. The summed E-state index contributed by atoms with van der Waals surface area (Å²) in [7, 11) is 0. The number of aromatic nitrogens is 2. The van der Waals surface area contributed by atoms with Crippen LogP contribution >= 0.6 is 0 Å². The Morgan fingerprint density at radius 3 is 2.59 bits per heavy atom. The van der Waals surface area contributed by atoms with E-state index >= 15 is 0 Å². The number of allylic oxidation sites excluding steroid dienone is 2. The zero-order valence-electron chi connectivity index (χ0n) is 23.0. The minimum Gasteiger partial charge on any atom is -0.480 e. The Hall–Kier alpha value is -3.25. The van der Waals surface area contributed by atoms with Gasteiger partial charge in [-0.2, -0.15) is 0 Å². The molecule has 1 aliphatic rings. The number of imidazole rings is 1. The number of hydrogen-bond donors (Lipinski definition) is 4. The van der Waals surface area contributed by atoms with Gasteiger partial charge in [0.1, 0.15) is 12.1 Å². The van der Waals surface area contributed by atoms with Crippen molar-refractivity contribution in [2.75, 3.05) is 0 Å². The molecule has 5 unspecified atom stereocenters. The van der Waals surface area contributed by atoms with Crippen molar-refractivity contribution in [2.24, 2.45) is 11.7 Å². The van der Waals surface area contributed by atoms with Gasteiger partial charge in [0.25, 0.3) is 0 Å². The summed E-state index contributed by atoms with van der Waals surface area (Å²) in [6.07, 6.45) is 9.59. The highest BCUT2D eigenvalue weighted by atomic mass is 16.5. The van der Waals surface area contributed by atoms with E-state index in [1.54, 1.807) is 10.8 Å². The van der Waals surface area contributed by atoms with Crippen LogP contribution in [-0.2, 0) is 41.6 Å². The number of amides is 1. The van der Waals surface area contributed by atoms with E-state index in [2.05, 4.69) is 10.3 Å². The molecule has 12 nitrogen and oxygen atoms in total. The monoisotopic (exact) mass is 550 g/mol. The van der Waals surface area contributed by atoms with E-state index in [9.17, 15) is 29.4 Å². The number of hydrogen-bond acceptors (Lipinski definition) is 9. The molecule has 5 atom stereocenters. The first-order chi connectivity index (χ1) is 18.4. The zero-order valence-corrected chi connectivity index (χ0v) is 23.0. The third-order valence-corrected chi connectivity index (χ3v) is 6.31. The quantitative estimate of drug-likeness (QED) is 0.134. The summed E-state index contributed by atoms with van der Waals surface area (Å²) in [6, 6.07) is -2.00. The third kappa shape index (κ3) is 12.0. The van der Waals surface area contributed by atoms with Crippen molar-refractivity contribution in [3.63, 3.8) is 0 Å². The van der Waals surface area contributed by atoms with E-state index in [0.29, 0.717) is 37.8 Å². The predicted molar refractivity (Wildman–Crippen MR) is 141 cm³/mol. The van der Waals surface area contributed by atoms with Gasteiger partial charge in [-0.3, -0.25) is 14.4 Å². The van der Waals surface area contributed by atoms with Crippen molar-refractivity contribution in [3.8, 4) is 0 Å². The number of ether oxygens (including phenoxy) is 2. The number of unbranched alkanes of at least 4 members (excludes halogenated alkanes) is 1. The minimum atomic E-state index is -1.20. The second kappa shape index (κ2) is 16.0. The number of nitrogens with zero attached hydrogens (tertiary/aromatic N) is 2. The topological polar surface area (TPSA) is 183 Å². The van der Waals surface area contributed by atoms with Crippen molar-refractivity contribution in [2.45, 2.75) is 109 Å². The standard InChI is InChI=1S/C27H42N4O8/c1-17(2)38-24(33)9-7-5-4-6-8-19-12-21(32)14-23(19)39-25(34)10-11-31-15-20(29-16-31)13-22(27(36)37)30-26(35)18(3)28/h4,6,15-19,21-23,32H,5,7-14,28H2,1-3H3,(H,30,35)(H,36,37)/b6-4-. The van der Waals surface area contributed by atoms with E-state index < -0.39 is 36.0 Å². The highest BCUT2D eigenvalue weighted by molar-refractivity contribution is 5.86. The predicted octanol–water partition coefficient (Wildman–Crippen LogP) is 1.48. The summed E-state index contributed by atoms with van der Waals surface area (Å²) in [6.45, 7) is 5.39. The summed E-state index contributed by atoms with van der Waals surface area (Å²) in [4.78, 5) is 51.5. The first-order valence-corrected chi connectivity index (χ1v) is 13.5. The lowest BCUT2D eigenvalue weighted by Gasteiger charge is -2.18. The Bertz CT molecular complexity index is 990. The number of rotatable bonds is 16. The summed E-state index contributed by atoms with van der Waals surface area (Å²) >= 11 is 0. The highest BCUT2D eigenvalue weighted by Gasteiger charge is 2.35. The molecular formula is C27H42N4O8. The van der Waals surface area contributed by atoms with Gasteiger partial charge in [-0.05, 0) is 46.5 Å². The van der Waals surface area contributed by atoms with Crippen LogP contribution in [0.1, 0.15) is 71.4 Å². The Balaban J connectivity index is 1.76. The molecule has 39 heavy (non-hydrogen) atoms. The molecule has 1 aromatic heterocycles. The molecule has 1 aromatic rings. The molecule has 12 heteroatoms. The highest BCUT2D eigenvalue weighted by Crippen LogP contribution is 2.32. The van der Waals surface area contributed by atoms with Crippen molar-refractivity contribution in [1.82, 2.24) is 14.9 Å². The summed E-state index contributed by atoms with van der Waals surface area (Å²) < 4.78 is 12.4. The second-order valence-corrected chi connectivity index (χ2v) is 10.3. The van der Waals surface area contributed by atoms with Crippen molar-refractivity contribution in [3.05, 3.63) is 30.4 Å². The maximum Gasteiger partial charge on any atom is 0.326 e. The van der Waals surface area contributed by atoms with Gasteiger partial charge in [0.2, 0.25) is 5.91 Å². The number of carbonyl (C=O) groups is 4. The molecule has 0 aromatic carbocycles. The number of nitrogens with one attached hydrogen (secondary N) is 1. The van der Waals surface area contributed by atoms with E-state index in [-0.39, 0.29) is 43.5 Å². The number of esters is 2. The summed E-state index contributed by atoms with van der Waals surface area (Å²) in [5, 5.41) is 21.9. The second-order valence-electron chi connectivity index (χ2n) is 10.3. The molecule has 0 aliphatic heterocycles. The van der Waals surface area contributed by atoms with Crippen LogP contribution in [0.5, 0.6) is 0 Å². The van der Waals surface area contributed by atoms with Crippen LogP contribution in [0.4, 0.5) is 0 Å². The molecule has 2 rings (SSSR count). The third-order valence-electron chi connectivity index (χ3n) is 6.31. The van der Waals surface area contributed by atoms with Crippen LogP contribution in [0.2, 0.25) is 0 Å². The maximum atomic E-state index is 12.5. The van der Waals surface area contributed by atoms with Crippen LogP contribution in [-0.4, -0.2) is 74.0 Å². The molecule has 5 N–H and O–H groups in total. The first-order valence-electron chi connectivity index (χ1n) is 13.5. The van der Waals surface area contributed by atoms with Crippen LogP contribution < -0.4 is 11.1 Å². The number of aryl methyl sites for hydroxylation is 1. The van der Waals surface area contributed by atoms with Crippen LogP contribution in [0.15, 0.2) is 24.7 Å². The van der Waals surface area contributed by atoms with Gasteiger partial charge in [0.05, 0.1) is 36.7 Å². The molecule has 0 bridgehead atoms. The summed E-state index contributed by atoms with van der Waals surface area (Å²) in [5.74, 6) is -2.35. The Morgan fingerprint density at radius 2 is 1.92 bits per heavy atom. The van der Waals surface area contributed by atoms with Gasteiger partial charge in [-0.15, -0.1) is 0 Å². The molecule has 1 saturated carbocycles. The fourth-order valence-electron chi connectivity index (χ4n) is 4.32. The number of carboxylic acids is 1. The summed E-state index contributed by atoms with van der Waals surface area (Å²) in [5.41, 5.74) is 5.93.